The van der Waals surface area contributed by atoms with Crippen LogP contribution in [-0.4, -0.2) is 0 Å². The highest BCUT2D eigenvalue weighted by atomic mass is 14.7. The summed E-state index contributed by atoms with van der Waals surface area (Å²) in [6, 6.07) is 0. The van der Waals surface area contributed by atoms with E-state index in [4.69, 9.17) is 11.5 Å². The maximum absolute atomic E-state index is 5.48. The molecular formula is C6H10N2. The Kier molecular flexibility index (Phi) is 1.24. The average molecular weight is 110 g/mol. The summed E-state index contributed by atoms with van der Waals surface area (Å²) in [6.45, 7) is 0. The van der Waals surface area contributed by atoms with Gasteiger partial charge in [0.25, 0.3) is 0 Å². The van der Waals surface area contributed by atoms with Crippen molar-refractivity contribution in [2.45, 2.75) is 12.8 Å². The number of rotatable bonds is 0. The Morgan fingerprint density at radius 3 is 1.62 bits per heavy atom. The quantitative estimate of drug-likeness (QED) is 0.445. The molecule has 0 fully saturated rings. The van der Waals surface area contributed by atoms with E-state index in [0.29, 0.717) is 0 Å². The predicted molar refractivity (Wildman–Crippen MR) is 33.8 cm³/mol. The van der Waals surface area contributed by atoms with Gasteiger partial charge in [-0.3, -0.25) is 0 Å². The molecule has 0 aromatic heterocycles. The Balaban J connectivity index is 2.67. The molecule has 0 saturated carbocycles. The van der Waals surface area contributed by atoms with Crippen molar-refractivity contribution in [2.24, 2.45) is 11.5 Å². The lowest BCUT2D eigenvalue weighted by Crippen LogP contribution is -2.10. The second kappa shape index (κ2) is 1.90. The molecular weight excluding hydrogens is 100 g/mol. The molecule has 0 aromatic carbocycles. The molecule has 0 radical (unpaired) electrons. The molecule has 4 N–H and O–H groups in total. The first-order chi connectivity index (χ1) is 3.80. The lowest BCUT2D eigenvalue weighted by molar-refractivity contribution is 0.988. The Bertz CT molecular complexity index is 129. The first-order valence-corrected chi connectivity index (χ1v) is 2.68. The zero-order chi connectivity index (χ0) is 5.98. The molecule has 0 bridgehead atoms. The molecule has 0 heterocycles. The van der Waals surface area contributed by atoms with Crippen molar-refractivity contribution in [3.8, 4) is 0 Å². The molecule has 44 valence electrons. The highest BCUT2D eigenvalue weighted by Gasteiger charge is 1.98. The summed E-state index contributed by atoms with van der Waals surface area (Å²) in [7, 11) is 0. The van der Waals surface area contributed by atoms with Crippen LogP contribution in [0.15, 0.2) is 23.5 Å². The fourth-order valence-electron chi connectivity index (χ4n) is 0.683. The minimum atomic E-state index is 0.825. The second-order valence-electron chi connectivity index (χ2n) is 1.93. The zero-order valence-corrected chi connectivity index (χ0v) is 4.72. The number of hydrogen-bond donors (Lipinski definition) is 2. The van der Waals surface area contributed by atoms with Crippen LogP contribution in [0, 0.1) is 0 Å². The third-order valence-electron chi connectivity index (χ3n) is 1.25. The van der Waals surface area contributed by atoms with Gasteiger partial charge in [0.15, 0.2) is 0 Å². The van der Waals surface area contributed by atoms with Gasteiger partial charge in [-0.2, -0.15) is 0 Å². The molecule has 0 amide bonds. The minimum Gasteiger partial charge on any atom is -0.400 e. The van der Waals surface area contributed by atoms with Gasteiger partial charge in [-0.15, -0.1) is 0 Å². The fourth-order valence-corrected chi connectivity index (χ4v) is 0.683. The molecule has 0 spiro atoms. The van der Waals surface area contributed by atoms with Gasteiger partial charge in [-0.25, -0.2) is 0 Å². The minimum absolute atomic E-state index is 0.825. The van der Waals surface area contributed by atoms with Crippen LogP contribution in [0.25, 0.3) is 0 Å². The fraction of sp³-hybridized carbons (Fsp3) is 0.333. The van der Waals surface area contributed by atoms with Gasteiger partial charge < -0.3 is 11.5 Å². The van der Waals surface area contributed by atoms with Gasteiger partial charge in [-0.05, 0) is 0 Å². The van der Waals surface area contributed by atoms with Crippen molar-refractivity contribution in [1.82, 2.24) is 0 Å². The first kappa shape index (κ1) is 5.22. The summed E-state index contributed by atoms with van der Waals surface area (Å²) in [5.74, 6) is 0. The van der Waals surface area contributed by atoms with Gasteiger partial charge in [0.05, 0.1) is 0 Å². The normalized spacial score (nSPS) is 19.5. The van der Waals surface area contributed by atoms with Crippen molar-refractivity contribution >= 4 is 0 Å². The summed E-state index contributed by atoms with van der Waals surface area (Å²) in [5.41, 5.74) is 12.6. The Labute approximate surface area is 48.9 Å². The molecule has 1 aliphatic rings. The highest BCUT2D eigenvalue weighted by Crippen LogP contribution is 2.08. The molecule has 0 aromatic rings. The van der Waals surface area contributed by atoms with E-state index in [1.165, 1.54) is 0 Å². The number of hydrogen-bond acceptors (Lipinski definition) is 2. The van der Waals surface area contributed by atoms with E-state index < -0.39 is 0 Å². The number of allylic oxidation sites excluding steroid dienone is 2. The van der Waals surface area contributed by atoms with Gasteiger partial charge in [0.2, 0.25) is 0 Å². The zero-order valence-electron chi connectivity index (χ0n) is 4.72. The smallest absolute Gasteiger partial charge is 0.0313 e. The van der Waals surface area contributed by atoms with E-state index in [0.717, 1.165) is 24.2 Å². The number of nitrogens with two attached hydrogens (primary N) is 2. The lowest BCUT2D eigenvalue weighted by atomic mass is 10.1. The summed E-state index contributed by atoms with van der Waals surface area (Å²) < 4.78 is 0. The van der Waals surface area contributed by atoms with Crippen molar-refractivity contribution in [1.29, 1.82) is 0 Å². The van der Waals surface area contributed by atoms with Crippen LogP contribution in [0.5, 0.6) is 0 Å². The summed E-state index contributed by atoms with van der Waals surface area (Å²) >= 11 is 0. The van der Waals surface area contributed by atoms with Crippen LogP contribution < -0.4 is 11.5 Å². The van der Waals surface area contributed by atoms with Crippen molar-refractivity contribution < 1.29 is 0 Å². The maximum atomic E-state index is 5.48. The van der Waals surface area contributed by atoms with Crippen molar-refractivity contribution in [3.05, 3.63) is 23.5 Å². The van der Waals surface area contributed by atoms with Gasteiger partial charge >= 0.3 is 0 Å². The largest absolute Gasteiger partial charge is 0.400 e. The second-order valence-corrected chi connectivity index (χ2v) is 1.93. The summed E-state index contributed by atoms with van der Waals surface area (Å²) in [4.78, 5) is 0. The van der Waals surface area contributed by atoms with E-state index in [1.54, 1.807) is 0 Å². The van der Waals surface area contributed by atoms with E-state index in [-0.39, 0.29) is 0 Å². The summed E-state index contributed by atoms with van der Waals surface area (Å²) in [5, 5.41) is 0. The third kappa shape index (κ3) is 0.832. The van der Waals surface area contributed by atoms with Crippen molar-refractivity contribution in [2.75, 3.05) is 0 Å². The van der Waals surface area contributed by atoms with Gasteiger partial charge in [0, 0.05) is 24.2 Å². The van der Waals surface area contributed by atoms with Crippen LogP contribution >= 0.6 is 0 Å². The standard InChI is InChI=1S/C6H10N2/c7-5-3-1-2-4-6(5)8/h1-2H,3-4,7-8H2. The molecule has 0 unspecified atom stereocenters. The average Bonchev–Trinajstić information content (AvgIpc) is 1.77. The molecule has 2 heteroatoms. The Morgan fingerprint density at radius 2 is 1.38 bits per heavy atom. The lowest BCUT2D eigenvalue weighted by Gasteiger charge is -2.06. The summed E-state index contributed by atoms with van der Waals surface area (Å²) in [6.07, 6.45) is 5.72. The SMILES string of the molecule is NC1=C(N)CC=CC1. The van der Waals surface area contributed by atoms with E-state index in [1.807, 2.05) is 12.2 Å². The molecule has 0 aliphatic heterocycles. The Hall–Kier alpha value is -0.920. The molecule has 0 saturated heterocycles. The third-order valence-corrected chi connectivity index (χ3v) is 1.25. The molecule has 1 aliphatic carbocycles. The van der Waals surface area contributed by atoms with Crippen LogP contribution in [0.2, 0.25) is 0 Å². The molecule has 0 atom stereocenters. The van der Waals surface area contributed by atoms with Crippen LogP contribution in [0.3, 0.4) is 0 Å². The predicted octanol–water partition coefficient (Wildman–Crippen LogP) is 0.465. The van der Waals surface area contributed by atoms with Crippen LogP contribution in [0.1, 0.15) is 12.8 Å². The molecule has 2 nitrogen and oxygen atoms in total. The van der Waals surface area contributed by atoms with Crippen molar-refractivity contribution in [3.63, 3.8) is 0 Å². The van der Waals surface area contributed by atoms with Gasteiger partial charge in [0.1, 0.15) is 0 Å². The Morgan fingerprint density at radius 1 is 1.00 bits per heavy atom. The van der Waals surface area contributed by atoms with E-state index in [9.17, 15) is 0 Å². The first-order valence-electron chi connectivity index (χ1n) is 2.68. The van der Waals surface area contributed by atoms with Gasteiger partial charge in [-0.1, -0.05) is 12.2 Å². The monoisotopic (exact) mass is 110 g/mol. The molecule has 8 heavy (non-hydrogen) atoms. The van der Waals surface area contributed by atoms with E-state index in [2.05, 4.69) is 0 Å². The highest BCUT2D eigenvalue weighted by molar-refractivity contribution is 5.18. The maximum Gasteiger partial charge on any atom is 0.0313 e. The van der Waals surface area contributed by atoms with Crippen LogP contribution in [-0.2, 0) is 0 Å². The topological polar surface area (TPSA) is 52.0 Å². The van der Waals surface area contributed by atoms with E-state index >= 15 is 0 Å². The van der Waals surface area contributed by atoms with Crippen LogP contribution in [0.4, 0.5) is 0 Å². The molecule has 1 rings (SSSR count).